The van der Waals surface area contributed by atoms with Crippen LogP contribution in [0, 0.1) is 13.8 Å². The first kappa shape index (κ1) is 55.3. The average Bonchev–Trinajstić information content (AvgIpc) is 4.08. The molecule has 3 aliphatic heterocycles. The lowest BCUT2D eigenvalue weighted by Gasteiger charge is -2.38. The molecule has 3 aliphatic rings. The number of aromatic amines is 1. The second-order valence-electron chi connectivity index (χ2n) is 21.5. The number of aryl methyl sites for hydroxylation is 2. The number of nitrogens with one attached hydrogen (secondary N) is 2. The molecule has 17 nitrogen and oxygen atoms in total. The number of H-pyrrole nitrogens is 1. The molecule has 0 atom stereocenters. The third kappa shape index (κ3) is 11.8. The number of piperazine rings is 1. The SMILES string of the molecule is Cc1cc(C(=O)CCCOCCC(=O)NCc2ccc(COc3cc(N)cc4[nH]cnc34)cc2)cc(C)c1C1=c2cc3c(cc2[Si](C)(C)c2cc(N4CCN(Cc5ccc(S(=O)(=O)O)cc5S(=O)(=O)O)CC4)ccc21)=[N+](C)CC3. The van der Waals surface area contributed by atoms with Gasteiger partial charge in [0.1, 0.15) is 39.5 Å². The highest BCUT2D eigenvalue weighted by Crippen LogP contribution is 2.33. The van der Waals surface area contributed by atoms with Crippen molar-refractivity contribution >= 4 is 78.4 Å². The minimum absolute atomic E-state index is 0.0407. The number of rotatable bonds is 19. The van der Waals surface area contributed by atoms with Crippen LogP contribution in [-0.2, 0) is 55.9 Å². The predicted octanol–water partition coefficient (Wildman–Crippen LogP) is 4.90. The van der Waals surface area contributed by atoms with E-state index in [1.54, 1.807) is 12.4 Å². The number of benzene rings is 6. The third-order valence-electron chi connectivity index (χ3n) is 15.7. The van der Waals surface area contributed by atoms with Crippen molar-refractivity contribution in [1.82, 2.24) is 24.8 Å². The molecule has 1 fully saturated rings. The van der Waals surface area contributed by atoms with E-state index in [0.29, 0.717) is 75.8 Å². The maximum absolute atomic E-state index is 13.8. The molecule has 0 bridgehead atoms. The number of ketones is 1. The van der Waals surface area contributed by atoms with Gasteiger partial charge < -0.3 is 30.4 Å². The second kappa shape index (κ2) is 22.2. The van der Waals surface area contributed by atoms with E-state index in [0.717, 1.165) is 69.6 Å². The topological polar surface area (TPSA) is 238 Å². The first-order chi connectivity index (χ1) is 37.6. The largest absolute Gasteiger partial charge is 0.486 e. The number of aromatic nitrogens is 2. The molecular formula is C59H66N7O10S2Si+. The first-order valence-electron chi connectivity index (χ1n) is 26.5. The second-order valence-corrected chi connectivity index (χ2v) is 28.6. The molecule has 412 valence electrons. The standard InChI is InChI=1S/C59H65N7O10S2Si/c1-37-25-43(51(67)7-6-23-75-24-17-56(68)61-33-39-8-10-40(11-9-39)35-76-52-29-44(60)28-49-59(52)63-36-62-49)26-38(2)57(37)58-47-15-13-45(30-54(47)79(4,5)55-32-50-41(27-48(55)58)16-18-64(50)3)66-21-19-65(20-22-66)34-42-12-14-46(77(69,70)71)31-53(42)78(72,73)74/h8-15,25-32,36,60H,6-7,16-24,33-35H2,1-5H3,(H4,61,67,68,69,70,71,72,73,74)/p+1. The van der Waals surface area contributed by atoms with E-state index in [9.17, 15) is 35.5 Å². The number of anilines is 2. The lowest BCUT2D eigenvalue weighted by Crippen LogP contribution is -2.64. The molecule has 6 N–H and O–H groups in total. The zero-order valence-corrected chi connectivity index (χ0v) is 47.7. The molecule has 1 saturated heterocycles. The van der Waals surface area contributed by atoms with Crippen molar-refractivity contribution in [1.29, 1.82) is 0 Å². The number of nitrogen functional groups attached to an aromatic ring is 1. The van der Waals surface area contributed by atoms with Crippen molar-refractivity contribution in [3.05, 3.63) is 164 Å². The first-order valence-corrected chi connectivity index (χ1v) is 32.4. The smallest absolute Gasteiger partial charge is 0.294 e. The number of nitrogens with two attached hydrogens (primary N) is 1. The number of imidazole rings is 1. The average molecular weight is 1130 g/mol. The zero-order valence-electron chi connectivity index (χ0n) is 45.1. The predicted molar refractivity (Wildman–Crippen MR) is 308 cm³/mol. The van der Waals surface area contributed by atoms with Crippen LogP contribution in [-0.4, -0.2) is 114 Å². The van der Waals surface area contributed by atoms with Gasteiger partial charge in [0.25, 0.3) is 20.2 Å². The number of nitrogens with zero attached hydrogens (tertiary/aromatic N) is 4. The normalized spacial score (nSPS) is 15.3. The molecule has 20 heteroatoms. The van der Waals surface area contributed by atoms with Gasteiger partial charge in [0.05, 0.1) is 28.2 Å². The van der Waals surface area contributed by atoms with E-state index < -0.39 is 38.1 Å². The van der Waals surface area contributed by atoms with E-state index in [1.165, 1.54) is 43.7 Å². The Morgan fingerprint density at radius 2 is 1.57 bits per heavy atom. The number of hydrogen-bond acceptors (Lipinski definition) is 12. The monoisotopic (exact) mass is 1120 g/mol. The molecule has 0 unspecified atom stereocenters. The summed E-state index contributed by atoms with van der Waals surface area (Å²) >= 11 is 0. The van der Waals surface area contributed by atoms with Gasteiger partial charge in [-0.2, -0.15) is 16.8 Å². The van der Waals surface area contributed by atoms with Crippen LogP contribution in [0.3, 0.4) is 0 Å². The Hall–Kier alpha value is -7.04. The number of carbonyl (C=O) groups is 2. The Labute approximate surface area is 461 Å². The van der Waals surface area contributed by atoms with Gasteiger partial charge in [0.2, 0.25) is 11.3 Å². The summed E-state index contributed by atoms with van der Waals surface area (Å²) in [6.45, 7) is 13.9. The van der Waals surface area contributed by atoms with E-state index in [4.69, 9.17) is 15.2 Å². The van der Waals surface area contributed by atoms with E-state index >= 15 is 0 Å². The quantitative estimate of drug-likeness (QED) is 0.0181. The fraction of sp³-hybridized carbons (Fsp3) is 0.322. The summed E-state index contributed by atoms with van der Waals surface area (Å²) in [5, 5.41) is 8.18. The van der Waals surface area contributed by atoms with Gasteiger partial charge >= 0.3 is 0 Å². The number of fused-ring (bicyclic) bond motifs is 4. The Morgan fingerprint density at radius 3 is 2.29 bits per heavy atom. The fourth-order valence-electron chi connectivity index (χ4n) is 11.4. The Morgan fingerprint density at radius 1 is 0.835 bits per heavy atom. The van der Waals surface area contributed by atoms with Gasteiger partial charge in [-0.15, -0.1) is 0 Å². The van der Waals surface area contributed by atoms with Crippen molar-refractivity contribution in [2.75, 3.05) is 63.6 Å². The van der Waals surface area contributed by atoms with Crippen molar-refractivity contribution in [3.63, 3.8) is 0 Å². The van der Waals surface area contributed by atoms with Crippen LogP contribution in [0.25, 0.3) is 16.6 Å². The number of hydrogen-bond donors (Lipinski definition) is 5. The Kier molecular flexibility index (Phi) is 15.6. The van der Waals surface area contributed by atoms with Crippen LogP contribution in [0.5, 0.6) is 5.75 Å². The van der Waals surface area contributed by atoms with Crippen LogP contribution in [0.4, 0.5) is 11.4 Å². The summed E-state index contributed by atoms with van der Waals surface area (Å²) in [5.41, 5.74) is 18.9. The van der Waals surface area contributed by atoms with Crippen molar-refractivity contribution in [3.8, 4) is 5.75 Å². The minimum atomic E-state index is -4.77. The van der Waals surface area contributed by atoms with Crippen molar-refractivity contribution in [2.45, 2.75) is 82.1 Å². The Balaban J connectivity index is 0.769. The third-order valence-corrected chi connectivity index (χ3v) is 21.0. The van der Waals surface area contributed by atoms with E-state index in [-0.39, 0.29) is 36.8 Å². The van der Waals surface area contributed by atoms with Gasteiger partial charge in [-0.3, -0.25) is 23.6 Å². The molecule has 0 saturated carbocycles. The summed E-state index contributed by atoms with van der Waals surface area (Å²) in [6.07, 6.45) is 3.62. The molecule has 0 spiro atoms. The lowest BCUT2D eigenvalue weighted by molar-refractivity contribution is -0.122. The number of ether oxygens (including phenoxy) is 2. The van der Waals surface area contributed by atoms with Crippen LogP contribution in [0.2, 0.25) is 13.1 Å². The highest BCUT2D eigenvalue weighted by Gasteiger charge is 2.38. The molecule has 4 heterocycles. The van der Waals surface area contributed by atoms with Crippen LogP contribution in [0.1, 0.15) is 74.1 Å². The maximum Gasteiger partial charge on any atom is 0.294 e. The number of likely N-dealkylation sites (N-methyl/N-ethyl adjacent to an activating group) is 1. The molecule has 1 amide bonds. The molecular weight excluding hydrogens is 1060 g/mol. The van der Waals surface area contributed by atoms with Crippen LogP contribution >= 0.6 is 0 Å². The summed E-state index contributed by atoms with van der Waals surface area (Å²) in [4.78, 5) is 37.1. The summed E-state index contributed by atoms with van der Waals surface area (Å²) < 4.78 is 81.8. The van der Waals surface area contributed by atoms with Gasteiger partial charge in [0, 0.05) is 99.8 Å². The summed E-state index contributed by atoms with van der Waals surface area (Å²) in [5.74, 6) is 0.528. The highest BCUT2D eigenvalue weighted by atomic mass is 32.2. The zero-order chi connectivity index (χ0) is 56.0. The molecule has 0 radical (unpaired) electrons. The van der Waals surface area contributed by atoms with Crippen molar-refractivity contribution in [2.24, 2.45) is 0 Å². The summed E-state index contributed by atoms with van der Waals surface area (Å²) in [6, 6.07) is 30.4. The number of carbonyl (C=O) groups excluding carboxylic acids is 2. The molecule has 6 aromatic carbocycles. The van der Waals surface area contributed by atoms with Crippen LogP contribution < -0.4 is 46.2 Å². The highest BCUT2D eigenvalue weighted by molar-refractivity contribution is 7.86. The fourth-order valence-corrected chi connectivity index (χ4v) is 15.8. The molecule has 0 aliphatic carbocycles. The molecule has 79 heavy (non-hydrogen) atoms. The molecule has 10 rings (SSSR count). The van der Waals surface area contributed by atoms with E-state index in [1.807, 2.05) is 42.5 Å². The maximum atomic E-state index is 13.8. The lowest BCUT2D eigenvalue weighted by atomic mass is 9.86. The number of Topliss-reactive ketones (excluding diaryl/α,β-unsaturated/α-hetero) is 1. The van der Waals surface area contributed by atoms with Gasteiger partial charge in [-0.05, 0) is 129 Å². The van der Waals surface area contributed by atoms with Crippen LogP contribution in [0.15, 0.2) is 113 Å². The number of amides is 1. The minimum Gasteiger partial charge on any atom is -0.486 e. The van der Waals surface area contributed by atoms with E-state index in [2.05, 4.69) is 94.0 Å². The van der Waals surface area contributed by atoms with Gasteiger partial charge in [0.15, 0.2) is 5.78 Å². The molecule has 7 aromatic rings. The molecule has 1 aromatic heterocycles. The van der Waals surface area contributed by atoms with Gasteiger partial charge in [-0.25, -0.2) is 9.56 Å². The van der Waals surface area contributed by atoms with Crippen molar-refractivity contribution < 1.29 is 45.0 Å². The summed E-state index contributed by atoms with van der Waals surface area (Å²) in [7, 11) is -9.64. The Bertz CT molecular complexity index is 3910. The van der Waals surface area contributed by atoms with Gasteiger partial charge in [-0.1, -0.05) is 49.5 Å².